The Kier molecular flexibility index (Phi) is 5.11. The number of para-hydroxylation sites is 2. The molecule has 1 unspecified atom stereocenters. The van der Waals surface area contributed by atoms with Gasteiger partial charge in [-0.1, -0.05) is 29.8 Å². The van der Waals surface area contributed by atoms with Gasteiger partial charge in [0.1, 0.15) is 5.75 Å². The summed E-state index contributed by atoms with van der Waals surface area (Å²) in [5, 5.41) is 3.33. The van der Waals surface area contributed by atoms with Gasteiger partial charge in [0, 0.05) is 23.7 Å². The van der Waals surface area contributed by atoms with Gasteiger partial charge in [-0.05, 0) is 36.8 Å². The van der Waals surface area contributed by atoms with Crippen LogP contribution in [0.5, 0.6) is 5.75 Å². The number of nitrogens with zero attached hydrogens (tertiary/aromatic N) is 1. The van der Waals surface area contributed by atoms with Gasteiger partial charge >= 0.3 is 0 Å². The van der Waals surface area contributed by atoms with Gasteiger partial charge in [-0.25, -0.2) is 8.42 Å². The van der Waals surface area contributed by atoms with Gasteiger partial charge in [0.25, 0.3) is 5.91 Å². The Balaban J connectivity index is 1.84. The fourth-order valence-corrected chi connectivity index (χ4v) is 3.88. The molecule has 0 aromatic heterocycles. The Bertz CT molecular complexity index is 946. The number of carbonyl (C=O) groups excluding carboxylic acids is 1. The molecule has 1 N–H and O–H groups in total. The molecule has 1 aliphatic rings. The van der Waals surface area contributed by atoms with Crippen molar-refractivity contribution in [1.29, 1.82) is 0 Å². The maximum absolute atomic E-state index is 12.6. The van der Waals surface area contributed by atoms with Gasteiger partial charge in [-0.15, -0.1) is 0 Å². The number of ether oxygens (including phenoxy) is 1. The number of aryl methyl sites for hydroxylation is 1. The fourth-order valence-electron chi connectivity index (χ4n) is 2.75. The van der Waals surface area contributed by atoms with Crippen LogP contribution >= 0.6 is 11.6 Å². The third-order valence-corrected chi connectivity index (χ3v) is 5.72. The molecule has 0 spiro atoms. The lowest BCUT2D eigenvalue weighted by Gasteiger charge is -2.20. The number of rotatable bonds is 3. The number of halogens is 1. The van der Waals surface area contributed by atoms with Crippen LogP contribution in [0.3, 0.4) is 0 Å². The van der Waals surface area contributed by atoms with E-state index < -0.39 is 16.1 Å². The van der Waals surface area contributed by atoms with Crippen molar-refractivity contribution in [3.8, 4) is 5.75 Å². The van der Waals surface area contributed by atoms with Crippen molar-refractivity contribution in [2.45, 2.75) is 19.4 Å². The van der Waals surface area contributed by atoms with Crippen molar-refractivity contribution in [1.82, 2.24) is 0 Å². The molecular weight excluding hydrogens is 376 g/mol. The standard InChI is InChI=1S/C18H19ClN2O4S/c1-12-7-8-13(11-14(12)19)20-18(22)17-9-10-21(26(2,23)24)15-5-3-4-6-16(15)25-17/h3-8,11,17H,9-10H2,1-2H3,(H,20,22). The summed E-state index contributed by atoms with van der Waals surface area (Å²) in [4.78, 5) is 12.6. The third kappa shape index (κ3) is 3.94. The van der Waals surface area contributed by atoms with E-state index in [1.54, 1.807) is 36.4 Å². The van der Waals surface area contributed by atoms with Crippen LogP contribution in [-0.4, -0.2) is 33.2 Å². The van der Waals surface area contributed by atoms with Crippen LogP contribution in [-0.2, 0) is 14.8 Å². The monoisotopic (exact) mass is 394 g/mol. The van der Waals surface area contributed by atoms with Gasteiger partial charge in [0.2, 0.25) is 10.0 Å². The topological polar surface area (TPSA) is 75.7 Å². The van der Waals surface area contributed by atoms with E-state index in [1.165, 1.54) is 4.31 Å². The molecule has 0 bridgehead atoms. The van der Waals surface area contributed by atoms with Crippen molar-refractivity contribution < 1.29 is 17.9 Å². The van der Waals surface area contributed by atoms with Crippen molar-refractivity contribution >= 4 is 38.9 Å². The number of carbonyl (C=O) groups is 1. The van der Waals surface area contributed by atoms with E-state index >= 15 is 0 Å². The fraction of sp³-hybridized carbons (Fsp3) is 0.278. The Morgan fingerprint density at radius 3 is 2.69 bits per heavy atom. The van der Waals surface area contributed by atoms with Gasteiger partial charge in [-0.3, -0.25) is 9.10 Å². The molecule has 1 amide bonds. The molecule has 3 rings (SSSR count). The minimum absolute atomic E-state index is 0.155. The zero-order valence-electron chi connectivity index (χ0n) is 14.4. The largest absolute Gasteiger partial charge is 0.478 e. The number of fused-ring (bicyclic) bond motifs is 1. The maximum atomic E-state index is 12.6. The summed E-state index contributed by atoms with van der Waals surface area (Å²) >= 11 is 6.09. The number of anilines is 2. The normalized spacial score (nSPS) is 17.0. The highest BCUT2D eigenvalue weighted by Gasteiger charge is 2.31. The van der Waals surface area contributed by atoms with Crippen LogP contribution in [0, 0.1) is 6.92 Å². The molecule has 2 aromatic rings. The highest BCUT2D eigenvalue weighted by Crippen LogP contribution is 2.34. The Morgan fingerprint density at radius 2 is 2.00 bits per heavy atom. The first-order valence-electron chi connectivity index (χ1n) is 8.06. The average molecular weight is 395 g/mol. The smallest absolute Gasteiger partial charge is 0.265 e. The molecule has 1 aliphatic heterocycles. The maximum Gasteiger partial charge on any atom is 0.265 e. The molecule has 0 saturated carbocycles. The number of nitrogens with one attached hydrogen (secondary N) is 1. The molecule has 6 nitrogen and oxygen atoms in total. The lowest BCUT2D eigenvalue weighted by molar-refractivity contribution is -0.122. The van der Waals surface area contributed by atoms with Crippen molar-refractivity contribution in [2.24, 2.45) is 0 Å². The first-order chi connectivity index (χ1) is 12.3. The quantitative estimate of drug-likeness (QED) is 0.867. The summed E-state index contributed by atoms with van der Waals surface area (Å²) in [5.41, 5.74) is 1.91. The SMILES string of the molecule is Cc1ccc(NC(=O)C2CCN(S(C)(=O)=O)c3ccccc3O2)cc1Cl. The lowest BCUT2D eigenvalue weighted by Crippen LogP contribution is -2.35. The first kappa shape index (κ1) is 18.5. The Hall–Kier alpha value is -2.25. The van der Waals surface area contributed by atoms with E-state index in [4.69, 9.17) is 16.3 Å². The van der Waals surface area contributed by atoms with Crippen LogP contribution in [0.15, 0.2) is 42.5 Å². The number of benzene rings is 2. The Morgan fingerprint density at radius 1 is 1.27 bits per heavy atom. The molecule has 1 heterocycles. The number of amides is 1. The summed E-state index contributed by atoms with van der Waals surface area (Å²) in [6.07, 6.45) is 0.550. The molecule has 138 valence electrons. The minimum atomic E-state index is -3.48. The van der Waals surface area contributed by atoms with Gasteiger partial charge in [-0.2, -0.15) is 0 Å². The molecule has 26 heavy (non-hydrogen) atoms. The van der Waals surface area contributed by atoms with Crippen LogP contribution in [0.25, 0.3) is 0 Å². The van der Waals surface area contributed by atoms with Crippen LogP contribution < -0.4 is 14.4 Å². The van der Waals surface area contributed by atoms with Crippen LogP contribution in [0.1, 0.15) is 12.0 Å². The second kappa shape index (κ2) is 7.17. The van der Waals surface area contributed by atoms with E-state index in [0.29, 0.717) is 22.1 Å². The predicted octanol–water partition coefficient (Wildman–Crippen LogP) is 3.20. The summed E-state index contributed by atoms with van der Waals surface area (Å²) in [7, 11) is -3.48. The van der Waals surface area contributed by atoms with E-state index in [0.717, 1.165) is 11.8 Å². The van der Waals surface area contributed by atoms with Gasteiger partial charge < -0.3 is 10.1 Å². The zero-order chi connectivity index (χ0) is 18.9. The van der Waals surface area contributed by atoms with E-state index in [1.807, 2.05) is 13.0 Å². The molecule has 0 fully saturated rings. The second-order valence-electron chi connectivity index (χ2n) is 6.15. The van der Waals surface area contributed by atoms with Crippen LogP contribution in [0.2, 0.25) is 5.02 Å². The van der Waals surface area contributed by atoms with E-state index in [9.17, 15) is 13.2 Å². The average Bonchev–Trinajstić information content (AvgIpc) is 2.77. The van der Waals surface area contributed by atoms with Crippen molar-refractivity contribution in [2.75, 3.05) is 22.4 Å². The number of hydrogen-bond acceptors (Lipinski definition) is 4. The first-order valence-corrected chi connectivity index (χ1v) is 10.3. The highest BCUT2D eigenvalue weighted by molar-refractivity contribution is 7.92. The molecule has 2 aromatic carbocycles. The van der Waals surface area contributed by atoms with Crippen molar-refractivity contribution in [3.05, 3.63) is 53.1 Å². The van der Waals surface area contributed by atoms with Crippen molar-refractivity contribution in [3.63, 3.8) is 0 Å². The zero-order valence-corrected chi connectivity index (χ0v) is 16.0. The number of sulfonamides is 1. The lowest BCUT2D eigenvalue weighted by atomic mass is 10.2. The molecule has 0 aliphatic carbocycles. The van der Waals surface area contributed by atoms with Gasteiger partial charge in [0.05, 0.1) is 11.9 Å². The molecule has 0 radical (unpaired) electrons. The molecule has 1 atom stereocenters. The highest BCUT2D eigenvalue weighted by atomic mass is 35.5. The van der Waals surface area contributed by atoms with E-state index in [2.05, 4.69) is 5.32 Å². The van der Waals surface area contributed by atoms with Gasteiger partial charge in [0.15, 0.2) is 6.10 Å². The summed E-state index contributed by atoms with van der Waals surface area (Å²) in [6, 6.07) is 12.0. The second-order valence-corrected chi connectivity index (χ2v) is 8.47. The molecule has 8 heteroatoms. The summed E-state index contributed by atoms with van der Waals surface area (Å²) in [6.45, 7) is 2.03. The summed E-state index contributed by atoms with van der Waals surface area (Å²) < 4.78 is 31.3. The molecule has 0 saturated heterocycles. The number of hydrogen-bond donors (Lipinski definition) is 1. The van der Waals surface area contributed by atoms with Crippen LogP contribution in [0.4, 0.5) is 11.4 Å². The minimum Gasteiger partial charge on any atom is -0.478 e. The summed E-state index contributed by atoms with van der Waals surface area (Å²) in [5.74, 6) is 0.00703. The molecular formula is C18H19ClN2O4S. The third-order valence-electron chi connectivity index (χ3n) is 4.13. The van der Waals surface area contributed by atoms with E-state index in [-0.39, 0.29) is 18.9 Å². The Labute approximate surface area is 157 Å². The predicted molar refractivity (Wildman–Crippen MR) is 102 cm³/mol.